The second-order valence-electron chi connectivity index (χ2n) is 5.22. The van der Waals surface area contributed by atoms with Crippen molar-refractivity contribution in [2.24, 2.45) is 0 Å². The maximum atomic E-state index is 12.6. The summed E-state index contributed by atoms with van der Waals surface area (Å²) in [6, 6.07) is 8.14. The average molecular weight is 245 g/mol. The molecule has 3 nitrogen and oxygen atoms in total. The maximum Gasteiger partial charge on any atom is 0.254 e. The van der Waals surface area contributed by atoms with Gasteiger partial charge in [-0.3, -0.25) is 4.79 Å². The summed E-state index contributed by atoms with van der Waals surface area (Å²) in [5.41, 5.74) is 1.90. The Labute approximate surface area is 108 Å². The van der Waals surface area contributed by atoms with Crippen LogP contribution in [0.5, 0.6) is 0 Å². The zero-order valence-electron chi connectivity index (χ0n) is 10.8. The number of carbonyl (C=O) groups is 1. The number of amides is 1. The second kappa shape index (κ2) is 4.73. The zero-order valence-corrected chi connectivity index (χ0v) is 10.8. The van der Waals surface area contributed by atoms with Crippen molar-refractivity contribution in [3.8, 4) is 0 Å². The molecular weight excluding hydrogens is 226 g/mol. The van der Waals surface area contributed by atoms with Gasteiger partial charge in [0.05, 0.1) is 18.8 Å². The number of morpholine rings is 1. The van der Waals surface area contributed by atoms with Crippen LogP contribution in [-0.4, -0.2) is 36.1 Å². The van der Waals surface area contributed by atoms with Gasteiger partial charge in [-0.2, -0.15) is 0 Å². The predicted octanol–water partition coefficient (Wildman–Crippen LogP) is 2.39. The lowest BCUT2D eigenvalue weighted by Gasteiger charge is -2.38. The Bertz CT molecular complexity index is 458. The van der Waals surface area contributed by atoms with Crippen LogP contribution in [0.2, 0.25) is 0 Å². The number of hydrogen-bond donors (Lipinski definition) is 0. The average Bonchev–Trinajstić information content (AvgIpc) is 2.86. The van der Waals surface area contributed by atoms with Gasteiger partial charge in [-0.25, -0.2) is 0 Å². The van der Waals surface area contributed by atoms with E-state index in [0.29, 0.717) is 12.6 Å². The predicted molar refractivity (Wildman–Crippen MR) is 69.6 cm³/mol. The van der Waals surface area contributed by atoms with Crippen LogP contribution in [0.1, 0.15) is 35.2 Å². The van der Waals surface area contributed by atoms with Crippen molar-refractivity contribution in [1.29, 1.82) is 0 Å². The molecule has 0 spiro atoms. The van der Waals surface area contributed by atoms with E-state index in [4.69, 9.17) is 4.74 Å². The minimum absolute atomic E-state index is 0.174. The van der Waals surface area contributed by atoms with Crippen molar-refractivity contribution < 1.29 is 9.53 Å². The molecule has 0 bridgehead atoms. The molecule has 0 aromatic heterocycles. The van der Waals surface area contributed by atoms with Gasteiger partial charge < -0.3 is 9.64 Å². The first-order chi connectivity index (χ1) is 8.77. The highest BCUT2D eigenvalue weighted by Gasteiger charge is 2.38. The van der Waals surface area contributed by atoms with Gasteiger partial charge >= 0.3 is 0 Å². The normalized spacial score (nSPS) is 27.1. The zero-order chi connectivity index (χ0) is 12.5. The van der Waals surface area contributed by atoms with Gasteiger partial charge in [0, 0.05) is 12.1 Å². The minimum Gasteiger partial charge on any atom is -0.374 e. The highest BCUT2D eigenvalue weighted by Crippen LogP contribution is 2.30. The van der Waals surface area contributed by atoms with Crippen molar-refractivity contribution in [2.45, 2.75) is 38.3 Å². The molecule has 96 valence electrons. The number of fused-ring (bicyclic) bond motifs is 1. The summed E-state index contributed by atoms with van der Waals surface area (Å²) < 4.78 is 5.75. The van der Waals surface area contributed by atoms with Crippen LogP contribution in [-0.2, 0) is 4.74 Å². The summed E-state index contributed by atoms with van der Waals surface area (Å²) in [7, 11) is 0. The van der Waals surface area contributed by atoms with Crippen molar-refractivity contribution in [1.82, 2.24) is 4.90 Å². The molecule has 1 aromatic rings. The third-order valence-electron chi connectivity index (χ3n) is 4.12. The molecule has 0 N–H and O–H groups in total. The number of aryl methyl sites for hydroxylation is 1. The molecule has 1 aromatic carbocycles. The molecule has 2 aliphatic rings. The van der Waals surface area contributed by atoms with Crippen LogP contribution in [0.3, 0.4) is 0 Å². The van der Waals surface area contributed by atoms with E-state index in [1.165, 1.54) is 6.42 Å². The van der Waals surface area contributed by atoms with E-state index in [1.807, 2.05) is 36.1 Å². The van der Waals surface area contributed by atoms with E-state index in [9.17, 15) is 4.79 Å². The fourth-order valence-corrected chi connectivity index (χ4v) is 3.15. The molecule has 3 rings (SSSR count). The van der Waals surface area contributed by atoms with Crippen LogP contribution in [0.4, 0.5) is 0 Å². The number of rotatable bonds is 1. The lowest BCUT2D eigenvalue weighted by Crippen LogP contribution is -2.51. The minimum atomic E-state index is 0.174. The monoisotopic (exact) mass is 245 g/mol. The molecular formula is C15H19NO2. The summed E-state index contributed by atoms with van der Waals surface area (Å²) in [4.78, 5) is 14.7. The van der Waals surface area contributed by atoms with Gasteiger partial charge in [-0.1, -0.05) is 18.2 Å². The van der Waals surface area contributed by atoms with Crippen LogP contribution in [0, 0.1) is 6.92 Å². The standard InChI is InChI=1S/C15H19NO2/c1-11-5-2-3-6-12(11)15(17)16-9-10-18-14-8-4-7-13(14)16/h2-3,5-6,13-14H,4,7-10H2,1H3. The molecule has 1 saturated carbocycles. The van der Waals surface area contributed by atoms with Gasteiger partial charge in [-0.15, -0.1) is 0 Å². The summed E-state index contributed by atoms with van der Waals surface area (Å²) >= 11 is 0. The summed E-state index contributed by atoms with van der Waals surface area (Å²) in [5.74, 6) is 0.174. The lowest BCUT2D eigenvalue weighted by atomic mass is 10.0. The van der Waals surface area contributed by atoms with Gasteiger partial charge in [0.15, 0.2) is 0 Å². The smallest absolute Gasteiger partial charge is 0.254 e. The Balaban J connectivity index is 1.86. The Morgan fingerprint density at radius 1 is 1.33 bits per heavy atom. The Morgan fingerprint density at radius 2 is 2.17 bits per heavy atom. The first-order valence-electron chi connectivity index (χ1n) is 6.75. The maximum absolute atomic E-state index is 12.6. The molecule has 2 fully saturated rings. The quantitative estimate of drug-likeness (QED) is 0.760. The van der Waals surface area contributed by atoms with Crippen molar-refractivity contribution in [3.05, 3.63) is 35.4 Å². The van der Waals surface area contributed by atoms with Gasteiger partial charge in [0.25, 0.3) is 5.91 Å². The topological polar surface area (TPSA) is 29.5 Å². The van der Waals surface area contributed by atoms with Crippen LogP contribution < -0.4 is 0 Å². The molecule has 2 atom stereocenters. The van der Waals surface area contributed by atoms with E-state index in [-0.39, 0.29) is 12.0 Å². The van der Waals surface area contributed by atoms with E-state index in [0.717, 1.165) is 30.5 Å². The summed E-state index contributed by atoms with van der Waals surface area (Å²) in [5, 5.41) is 0. The van der Waals surface area contributed by atoms with Crippen LogP contribution in [0.15, 0.2) is 24.3 Å². The highest BCUT2D eigenvalue weighted by atomic mass is 16.5. The highest BCUT2D eigenvalue weighted by molar-refractivity contribution is 5.96. The van der Waals surface area contributed by atoms with Gasteiger partial charge in [0.1, 0.15) is 0 Å². The van der Waals surface area contributed by atoms with Crippen molar-refractivity contribution in [3.63, 3.8) is 0 Å². The number of carbonyl (C=O) groups excluding carboxylic acids is 1. The Morgan fingerprint density at radius 3 is 3.00 bits per heavy atom. The molecule has 3 heteroatoms. The van der Waals surface area contributed by atoms with Crippen molar-refractivity contribution >= 4 is 5.91 Å². The Hall–Kier alpha value is -1.35. The molecule has 1 heterocycles. The van der Waals surface area contributed by atoms with Crippen LogP contribution in [0.25, 0.3) is 0 Å². The molecule has 18 heavy (non-hydrogen) atoms. The van der Waals surface area contributed by atoms with Gasteiger partial charge in [0.2, 0.25) is 0 Å². The third kappa shape index (κ3) is 1.93. The lowest BCUT2D eigenvalue weighted by molar-refractivity contribution is -0.0445. The Kier molecular flexibility index (Phi) is 3.08. The summed E-state index contributed by atoms with van der Waals surface area (Å²) in [6.45, 7) is 3.41. The number of ether oxygens (including phenoxy) is 1. The molecule has 1 amide bonds. The molecule has 0 radical (unpaired) electrons. The number of benzene rings is 1. The van der Waals surface area contributed by atoms with Crippen molar-refractivity contribution in [2.75, 3.05) is 13.2 Å². The molecule has 1 aliphatic heterocycles. The first kappa shape index (κ1) is 11.7. The molecule has 1 aliphatic carbocycles. The fraction of sp³-hybridized carbons (Fsp3) is 0.533. The fourth-order valence-electron chi connectivity index (χ4n) is 3.15. The van der Waals surface area contributed by atoms with E-state index >= 15 is 0 Å². The molecule has 1 saturated heterocycles. The number of nitrogens with zero attached hydrogens (tertiary/aromatic N) is 1. The third-order valence-corrected chi connectivity index (χ3v) is 4.12. The first-order valence-corrected chi connectivity index (χ1v) is 6.75. The SMILES string of the molecule is Cc1ccccc1C(=O)N1CCOC2CCCC21. The van der Waals surface area contributed by atoms with E-state index < -0.39 is 0 Å². The number of hydrogen-bond acceptors (Lipinski definition) is 2. The van der Waals surface area contributed by atoms with E-state index in [1.54, 1.807) is 0 Å². The van der Waals surface area contributed by atoms with E-state index in [2.05, 4.69) is 0 Å². The van der Waals surface area contributed by atoms with Gasteiger partial charge in [-0.05, 0) is 37.8 Å². The van der Waals surface area contributed by atoms with Crippen LogP contribution >= 0.6 is 0 Å². The molecule has 2 unspecified atom stereocenters. The summed E-state index contributed by atoms with van der Waals surface area (Å²) in [6.07, 6.45) is 3.63. The largest absolute Gasteiger partial charge is 0.374 e. The second-order valence-corrected chi connectivity index (χ2v) is 5.22.